The number of hydrogen-bond donors (Lipinski definition) is 2. The number of nitrogens with one attached hydrogen (secondary N) is 2. The summed E-state index contributed by atoms with van der Waals surface area (Å²) in [6.07, 6.45) is 0. The maximum atomic E-state index is 11.6. The molecule has 0 saturated heterocycles. The number of carbonyl (C=O) groups excluding carboxylic acids is 1. The van der Waals surface area contributed by atoms with Gasteiger partial charge in [-0.2, -0.15) is 0 Å². The van der Waals surface area contributed by atoms with E-state index in [-0.39, 0.29) is 11.9 Å². The number of benzene rings is 1. The molecule has 18 heavy (non-hydrogen) atoms. The Morgan fingerprint density at radius 1 is 1.33 bits per heavy atom. The predicted octanol–water partition coefficient (Wildman–Crippen LogP) is 2.87. The van der Waals surface area contributed by atoms with Gasteiger partial charge in [0.1, 0.15) is 0 Å². The van der Waals surface area contributed by atoms with Gasteiger partial charge in [-0.3, -0.25) is 4.79 Å². The van der Waals surface area contributed by atoms with Crippen molar-refractivity contribution in [3.63, 3.8) is 0 Å². The molecule has 0 aromatic heterocycles. The minimum absolute atomic E-state index is 0.0468. The molecule has 0 spiro atoms. The first kappa shape index (κ1) is 15.2. The molecule has 0 fully saturated rings. The highest BCUT2D eigenvalue weighted by Crippen LogP contribution is 2.17. The Balaban J connectivity index is 2.37. The monoisotopic (exact) mass is 312 g/mol. The average Bonchev–Trinajstić information content (AvgIpc) is 2.33. The SMILES string of the molecule is CC(C)CNC(=O)CNC(C)c1cccc(Br)c1. The van der Waals surface area contributed by atoms with Gasteiger partial charge in [0.25, 0.3) is 0 Å². The van der Waals surface area contributed by atoms with Crippen molar-refractivity contribution in [1.29, 1.82) is 0 Å². The fraction of sp³-hybridized carbons (Fsp3) is 0.500. The van der Waals surface area contributed by atoms with Gasteiger partial charge in [-0.25, -0.2) is 0 Å². The van der Waals surface area contributed by atoms with E-state index in [1.165, 1.54) is 5.56 Å². The van der Waals surface area contributed by atoms with Gasteiger partial charge in [0.2, 0.25) is 5.91 Å². The molecule has 1 unspecified atom stereocenters. The van der Waals surface area contributed by atoms with Gasteiger partial charge in [0, 0.05) is 17.1 Å². The van der Waals surface area contributed by atoms with Gasteiger partial charge in [-0.1, -0.05) is 41.9 Å². The van der Waals surface area contributed by atoms with Crippen LogP contribution in [-0.2, 0) is 4.79 Å². The Kier molecular flexibility index (Phi) is 6.36. The zero-order chi connectivity index (χ0) is 13.5. The van der Waals surface area contributed by atoms with Gasteiger partial charge in [-0.15, -0.1) is 0 Å². The van der Waals surface area contributed by atoms with Gasteiger partial charge < -0.3 is 10.6 Å². The quantitative estimate of drug-likeness (QED) is 0.848. The van der Waals surface area contributed by atoms with Crippen LogP contribution in [0.2, 0.25) is 0 Å². The lowest BCUT2D eigenvalue weighted by atomic mass is 10.1. The number of carbonyl (C=O) groups is 1. The van der Waals surface area contributed by atoms with Crippen LogP contribution in [0.5, 0.6) is 0 Å². The van der Waals surface area contributed by atoms with Gasteiger partial charge in [-0.05, 0) is 30.5 Å². The molecule has 1 aromatic rings. The van der Waals surface area contributed by atoms with E-state index in [1.54, 1.807) is 0 Å². The molecule has 0 aliphatic rings. The van der Waals surface area contributed by atoms with Crippen molar-refractivity contribution in [2.75, 3.05) is 13.1 Å². The molecule has 1 aromatic carbocycles. The Hall–Kier alpha value is -0.870. The summed E-state index contributed by atoms with van der Waals surface area (Å²) >= 11 is 3.44. The molecule has 0 saturated carbocycles. The summed E-state index contributed by atoms with van der Waals surface area (Å²) in [5, 5.41) is 6.11. The van der Waals surface area contributed by atoms with Crippen molar-refractivity contribution in [1.82, 2.24) is 10.6 Å². The lowest BCUT2D eigenvalue weighted by Crippen LogP contribution is -2.36. The number of amides is 1. The maximum absolute atomic E-state index is 11.6. The van der Waals surface area contributed by atoms with Crippen molar-refractivity contribution in [3.8, 4) is 0 Å². The Bertz CT molecular complexity index is 393. The number of hydrogen-bond acceptors (Lipinski definition) is 2. The molecule has 2 N–H and O–H groups in total. The summed E-state index contributed by atoms with van der Waals surface area (Å²) in [6.45, 7) is 7.29. The predicted molar refractivity (Wildman–Crippen MR) is 78.4 cm³/mol. The highest BCUT2D eigenvalue weighted by atomic mass is 79.9. The Morgan fingerprint density at radius 3 is 2.67 bits per heavy atom. The van der Waals surface area contributed by atoms with Crippen LogP contribution in [-0.4, -0.2) is 19.0 Å². The number of halogens is 1. The standard InChI is InChI=1S/C14H21BrN2O/c1-10(2)8-17-14(18)9-16-11(3)12-5-4-6-13(15)7-12/h4-7,10-11,16H,8-9H2,1-3H3,(H,17,18). The van der Waals surface area contributed by atoms with Crippen molar-refractivity contribution < 1.29 is 4.79 Å². The van der Waals surface area contributed by atoms with Gasteiger partial charge >= 0.3 is 0 Å². The van der Waals surface area contributed by atoms with Crippen molar-refractivity contribution >= 4 is 21.8 Å². The highest BCUT2D eigenvalue weighted by molar-refractivity contribution is 9.10. The zero-order valence-corrected chi connectivity index (χ0v) is 12.8. The summed E-state index contributed by atoms with van der Waals surface area (Å²) in [5.74, 6) is 0.530. The lowest BCUT2D eigenvalue weighted by Gasteiger charge is -2.15. The van der Waals surface area contributed by atoms with Crippen LogP contribution in [0.3, 0.4) is 0 Å². The van der Waals surface area contributed by atoms with Gasteiger partial charge in [0.05, 0.1) is 6.54 Å². The molecule has 0 radical (unpaired) electrons. The second-order valence-electron chi connectivity index (χ2n) is 4.86. The average molecular weight is 313 g/mol. The fourth-order valence-corrected chi connectivity index (χ4v) is 1.94. The molecule has 0 bridgehead atoms. The van der Waals surface area contributed by atoms with E-state index < -0.39 is 0 Å². The van der Waals surface area contributed by atoms with Gasteiger partial charge in [0.15, 0.2) is 0 Å². The Labute approximate surface area is 117 Å². The van der Waals surface area contributed by atoms with E-state index in [1.807, 2.05) is 12.1 Å². The van der Waals surface area contributed by atoms with Crippen LogP contribution < -0.4 is 10.6 Å². The molecule has 4 heteroatoms. The molecule has 3 nitrogen and oxygen atoms in total. The summed E-state index contributed by atoms with van der Waals surface area (Å²) in [7, 11) is 0. The van der Waals surface area contributed by atoms with E-state index >= 15 is 0 Å². The molecular formula is C14H21BrN2O. The molecule has 1 atom stereocenters. The molecular weight excluding hydrogens is 292 g/mol. The molecule has 1 amide bonds. The van der Waals surface area contributed by atoms with Crippen LogP contribution in [0.1, 0.15) is 32.4 Å². The summed E-state index contributed by atoms with van der Waals surface area (Å²) in [4.78, 5) is 11.6. The first-order valence-electron chi connectivity index (χ1n) is 6.24. The van der Waals surface area contributed by atoms with Crippen LogP contribution in [0.25, 0.3) is 0 Å². The Morgan fingerprint density at radius 2 is 2.06 bits per heavy atom. The summed E-state index contributed by atoms with van der Waals surface area (Å²) < 4.78 is 1.05. The zero-order valence-electron chi connectivity index (χ0n) is 11.2. The van der Waals surface area contributed by atoms with Crippen LogP contribution >= 0.6 is 15.9 Å². The fourth-order valence-electron chi connectivity index (χ4n) is 1.52. The van der Waals surface area contributed by atoms with E-state index in [9.17, 15) is 4.79 Å². The smallest absolute Gasteiger partial charge is 0.233 e. The van der Waals surface area contributed by atoms with E-state index in [2.05, 4.69) is 59.5 Å². The molecule has 1 rings (SSSR count). The number of rotatable bonds is 6. The normalized spacial score (nSPS) is 12.5. The molecule has 0 aliphatic heterocycles. The third kappa shape index (κ3) is 5.65. The third-order valence-electron chi connectivity index (χ3n) is 2.62. The first-order chi connectivity index (χ1) is 8.49. The van der Waals surface area contributed by atoms with Crippen LogP contribution in [0.15, 0.2) is 28.7 Å². The lowest BCUT2D eigenvalue weighted by molar-refractivity contribution is -0.120. The summed E-state index contributed by atoms with van der Waals surface area (Å²) in [6, 6.07) is 8.26. The molecule has 100 valence electrons. The highest BCUT2D eigenvalue weighted by Gasteiger charge is 2.08. The second-order valence-corrected chi connectivity index (χ2v) is 5.77. The maximum Gasteiger partial charge on any atom is 0.233 e. The van der Waals surface area contributed by atoms with E-state index in [0.29, 0.717) is 12.5 Å². The largest absolute Gasteiger partial charge is 0.355 e. The van der Waals surface area contributed by atoms with E-state index in [4.69, 9.17) is 0 Å². The topological polar surface area (TPSA) is 41.1 Å². The third-order valence-corrected chi connectivity index (χ3v) is 3.12. The minimum atomic E-state index is 0.0468. The van der Waals surface area contributed by atoms with Crippen LogP contribution in [0, 0.1) is 5.92 Å². The first-order valence-corrected chi connectivity index (χ1v) is 7.04. The van der Waals surface area contributed by atoms with Crippen LogP contribution in [0.4, 0.5) is 0 Å². The van der Waals surface area contributed by atoms with Crippen molar-refractivity contribution in [2.45, 2.75) is 26.8 Å². The van der Waals surface area contributed by atoms with E-state index in [0.717, 1.165) is 11.0 Å². The van der Waals surface area contributed by atoms with Crippen molar-refractivity contribution in [2.24, 2.45) is 5.92 Å². The minimum Gasteiger partial charge on any atom is -0.355 e. The molecule has 0 aliphatic carbocycles. The second kappa shape index (κ2) is 7.54. The van der Waals surface area contributed by atoms with Crippen molar-refractivity contribution in [3.05, 3.63) is 34.3 Å². The molecule has 0 heterocycles. The summed E-state index contributed by atoms with van der Waals surface area (Å²) in [5.41, 5.74) is 1.17.